The Morgan fingerprint density at radius 1 is 1.58 bits per heavy atom. The molecule has 5 heteroatoms. The van der Waals surface area contributed by atoms with Gasteiger partial charge in [0.15, 0.2) is 11.5 Å². The molecule has 2 rings (SSSR count). The lowest BCUT2D eigenvalue weighted by Gasteiger charge is -1.96. The molecule has 0 radical (unpaired) electrons. The fourth-order valence-electron chi connectivity index (χ4n) is 0.986. The molecule has 0 aliphatic rings. The van der Waals surface area contributed by atoms with Crippen LogP contribution in [-0.4, -0.2) is 9.38 Å². The second kappa shape index (κ2) is 2.71. The summed E-state index contributed by atoms with van der Waals surface area (Å²) in [6, 6.07) is 1.23. The molecule has 62 valence electrons. The Hall–Kier alpha value is -0.610. The zero-order valence-electron chi connectivity index (χ0n) is 5.76. The molecule has 0 aromatic carbocycles. The molecule has 0 amide bonds. The highest BCUT2D eigenvalue weighted by atomic mass is 79.9. The van der Waals surface area contributed by atoms with Gasteiger partial charge in [-0.15, -0.1) is 0 Å². The van der Waals surface area contributed by atoms with Gasteiger partial charge in [-0.2, -0.15) is 0 Å². The van der Waals surface area contributed by atoms with Crippen molar-refractivity contribution in [2.75, 3.05) is 0 Å². The van der Waals surface area contributed by atoms with Gasteiger partial charge >= 0.3 is 0 Å². The van der Waals surface area contributed by atoms with Crippen LogP contribution in [0.5, 0.6) is 0 Å². The second-order valence-electron chi connectivity index (χ2n) is 2.28. The van der Waals surface area contributed by atoms with Crippen molar-refractivity contribution in [1.82, 2.24) is 9.38 Å². The van der Waals surface area contributed by atoms with Gasteiger partial charge in [0.05, 0.1) is 11.2 Å². The number of rotatable bonds is 0. The van der Waals surface area contributed by atoms with Crippen LogP contribution in [-0.2, 0) is 0 Å². The van der Waals surface area contributed by atoms with E-state index >= 15 is 0 Å². The highest BCUT2D eigenvalue weighted by Crippen LogP contribution is 2.19. The van der Waals surface area contributed by atoms with E-state index in [4.69, 9.17) is 11.6 Å². The van der Waals surface area contributed by atoms with Gasteiger partial charge in [-0.25, -0.2) is 9.37 Å². The van der Waals surface area contributed by atoms with Gasteiger partial charge in [-0.1, -0.05) is 11.6 Å². The molecule has 0 spiro atoms. The van der Waals surface area contributed by atoms with Gasteiger partial charge in [0, 0.05) is 6.20 Å². The molecule has 0 unspecified atom stereocenters. The van der Waals surface area contributed by atoms with E-state index in [0.29, 0.717) is 9.63 Å². The summed E-state index contributed by atoms with van der Waals surface area (Å²) in [7, 11) is 0. The Morgan fingerprint density at radius 3 is 3.08 bits per heavy atom. The number of aromatic nitrogens is 2. The number of fused-ring (bicyclic) bond motifs is 1. The van der Waals surface area contributed by atoms with Crippen LogP contribution >= 0.6 is 27.5 Å². The summed E-state index contributed by atoms with van der Waals surface area (Å²) in [6.07, 6.45) is 3.12. The number of nitrogens with zero attached hydrogens (tertiary/aromatic N) is 2. The minimum absolute atomic E-state index is 0.270. The molecule has 0 aliphatic carbocycles. The van der Waals surface area contributed by atoms with Crippen molar-refractivity contribution in [2.24, 2.45) is 0 Å². The summed E-state index contributed by atoms with van der Waals surface area (Å²) >= 11 is 8.85. The van der Waals surface area contributed by atoms with E-state index in [-0.39, 0.29) is 5.65 Å². The van der Waals surface area contributed by atoms with Crippen molar-refractivity contribution >= 4 is 33.2 Å². The molecule has 0 fully saturated rings. The molecule has 0 N–H and O–H groups in total. The first-order valence-electron chi connectivity index (χ1n) is 3.16. The number of pyridine rings is 1. The van der Waals surface area contributed by atoms with E-state index in [1.807, 2.05) is 0 Å². The summed E-state index contributed by atoms with van der Waals surface area (Å²) < 4.78 is 15.3. The molecule has 2 heterocycles. The topological polar surface area (TPSA) is 17.3 Å². The minimum atomic E-state index is -0.423. The van der Waals surface area contributed by atoms with Crippen molar-refractivity contribution < 1.29 is 4.39 Å². The van der Waals surface area contributed by atoms with E-state index in [0.717, 1.165) is 0 Å². The minimum Gasteiger partial charge on any atom is -0.290 e. The van der Waals surface area contributed by atoms with Crippen LogP contribution in [0.2, 0.25) is 5.02 Å². The molecule has 0 saturated heterocycles. The highest BCUT2D eigenvalue weighted by molar-refractivity contribution is 9.10. The van der Waals surface area contributed by atoms with Crippen molar-refractivity contribution in [1.29, 1.82) is 0 Å². The third kappa shape index (κ3) is 1.11. The zero-order chi connectivity index (χ0) is 8.72. The van der Waals surface area contributed by atoms with E-state index in [9.17, 15) is 4.39 Å². The van der Waals surface area contributed by atoms with Gasteiger partial charge in [0.25, 0.3) is 0 Å². The average Bonchev–Trinajstić information content (AvgIpc) is 2.33. The third-order valence-electron chi connectivity index (χ3n) is 1.48. The summed E-state index contributed by atoms with van der Waals surface area (Å²) in [4.78, 5) is 3.84. The zero-order valence-corrected chi connectivity index (χ0v) is 8.10. The van der Waals surface area contributed by atoms with Crippen molar-refractivity contribution in [3.63, 3.8) is 0 Å². The van der Waals surface area contributed by atoms with Crippen molar-refractivity contribution in [3.8, 4) is 0 Å². The molecule has 12 heavy (non-hydrogen) atoms. The first-order chi connectivity index (χ1) is 5.68. The van der Waals surface area contributed by atoms with Crippen LogP contribution < -0.4 is 0 Å². The fourth-order valence-corrected chi connectivity index (χ4v) is 1.55. The van der Waals surface area contributed by atoms with Gasteiger partial charge < -0.3 is 0 Å². The summed E-state index contributed by atoms with van der Waals surface area (Å²) in [5.41, 5.74) is 0.270. The molecular weight excluding hydrogens is 246 g/mol. The fraction of sp³-hybridized carbons (Fsp3) is 0. The van der Waals surface area contributed by atoms with Gasteiger partial charge in [-0.05, 0) is 22.0 Å². The quantitative estimate of drug-likeness (QED) is 0.702. The number of halogens is 3. The monoisotopic (exact) mass is 248 g/mol. The van der Waals surface area contributed by atoms with Crippen molar-refractivity contribution in [3.05, 3.63) is 33.9 Å². The Balaban J connectivity index is 2.92. The summed E-state index contributed by atoms with van der Waals surface area (Å²) in [5.74, 6) is -0.423. The summed E-state index contributed by atoms with van der Waals surface area (Å²) in [6.45, 7) is 0. The maximum Gasteiger partial charge on any atom is 0.174 e. The smallest absolute Gasteiger partial charge is 0.174 e. The molecule has 0 bridgehead atoms. The Bertz CT molecular complexity index is 440. The average molecular weight is 249 g/mol. The lowest BCUT2D eigenvalue weighted by Crippen LogP contribution is -1.88. The molecule has 2 nitrogen and oxygen atoms in total. The van der Waals surface area contributed by atoms with E-state index < -0.39 is 5.82 Å². The Morgan fingerprint density at radius 2 is 2.33 bits per heavy atom. The molecule has 0 saturated carbocycles. The Labute approximate surface area is 81.1 Å². The largest absolute Gasteiger partial charge is 0.290 e. The predicted octanol–water partition coefficient (Wildman–Crippen LogP) is 2.89. The van der Waals surface area contributed by atoms with Gasteiger partial charge in [-0.3, -0.25) is 4.40 Å². The van der Waals surface area contributed by atoms with E-state index in [1.54, 1.807) is 6.20 Å². The highest BCUT2D eigenvalue weighted by Gasteiger charge is 2.06. The van der Waals surface area contributed by atoms with Gasteiger partial charge in [0.2, 0.25) is 0 Å². The summed E-state index contributed by atoms with van der Waals surface area (Å²) in [5, 5.41) is 0.346. The van der Waals surface area contributed by atoms with Crippen LogP contribution in [0.15, 0.2) is 23.1 Å². The third-order valence-corrected chi connectivity index (χ3v) is 2.28. The van der Waals surface area contributed by atoms with Crippen LogP contribution in [0.3, 0.4) is 0 Å². The number of hydrogen-bond acceptors (Lipinski definition) is 1. The molecular formula is C7H3BrClFN2. The molecule has 2 aromatic rings. The molecule has 0 atom stereocenters. The number of imidazole rings is 1. The lowest BCUT2D eigenvalue weighted by molar-refractivity contribution is 0.630. The molecule has 2 aromatic heterocycles. The SMILES string of the molecule is Fc1cc(Cl)cn2c(Br)cnc12. The Kier molecular flexibility index (Phi) is 1.81. The van der Waals surface area contributed by atoms with Crippen LogP contribution in [0.1, 0.15) is 0 Å². The first-order valence-corrected chi connectivity index (χ1v) is 4.33. The van der Waals surface area contributed by atoms with Crippen molar-refractivity contribution in [2.45, 2.75) is 0 Å². The second-order valence-corrected chi connectivity index (χ2v) is 3.53. The first kappa shape index (κ1) is 8.01. The maximum atomic E-state index is 13.1. The molecule has 0 aliphatic heterocycles. The normalized spacial score (nSPS) is 10.9. The van der Waals surface area contributed by atoms with E-state index in [2.05, 4.69) is 20.9 Å². The van der Waals surface area contributed by atoms with E-state index in [1.165, 1.54) is 16.7 Å². The van der Waals surface area contributed by atoms with Crippen LogP contribution in [0.25, 0.3) is 5.65 Å². The van der Waals surface area contributed by atoms with Gasteiger partial charge in [0.1, 0.15) is 4.60 Å². The van der Waals surface area contributed by atoms with Crippen LogP contribution in [0, 0.1) is 5.82 Å². The maximum absolute atomic E-state index is 13.1. The lowest BCUT2D eigenvalue weighted by atomic mass is 10.4. The predicted molar refractivity (Wildman–Crippen MR) is 47.9 cm³/mol. The number of hydrogen-bond donors (Lipinski definition) is 0. The van der Waals surface area contributed by atoms with Crippen LogP contribution in [0.4, 0.5) is 4.39 Å². The standard InChI is InChI=1S/C7H3BrClFN2/c8-6-2-11-7-5(10)1-4(9)3-12(6)7/h1-3H.